The van der Waals surface area contributed by atoms with Gasteiger partial charge in [-0.05, 0) is 33.5 Å². The van der Waals surface area contributed by atoms with Gasteiger partial charge in [-0.15, -0.1) is 24.0 Å². The van der Waals surface area contributed by atoms with E-state index in [0.717, 1.165) is 23.6 Å². The van der Waals surface area contributed by atoms with Crippen LogP contribution in [0.4, 0.5) is 0 Å². The van der Waals surface area contributed by atoms with E-state index in [9.17, 15) is 8.42 Å². The highest BCUT2D eigenvalue weighted by Gasteiger charge is 2.04. The molecule has 1 aromatic carbocycles. The summed E-state index contributed by atoms with van der Waals surface area (Å²) in [6, 6.07) is 9.63. The molecule has 24 heavy (non-hydrogen) atoms. The predicted molar refractivity (Wildman–Crippen MR) is 112 cm³/mol. The largest absolute Gasteiger partial charge is 0.352 e. The number of nitrogens with zero attached hydrogens (tertiary/aromatic N) is 1. The van der Waals surface area contributed by atoms with Gasteiger partial charge in [0.2, 0.25) is 0 Å². The minimum absolute atomic E-state index is 0. The van der Waals surface area contributed by atoms with Crippen LogP contribution < -0.4 is 10.6 Å². The lowest BCUT2D eigenvalue weighted by atomic mass is 10.1. The summed E-state index contributed by atoms with van der Waals surface area (Å²) in [7, 11) is -1.26. The van der Waals surface area contributed by atoms with Gasteiger partial charge in [-0.3, -0.25) is 4.99 Å². The lowest BCUT2D eigenvalue weighted by Gasteiger charge is -2.11. The summed E-state index contributed by atoms with van der Waals surface area (Å²) in [5.41, 5.74) is 3.10. The number of benzene rings is 1. The number of aliphatic imine (C=N–C) groups is 1. The van der Waals surface area contributed by atoms with Crippen LogP contribution in [0, 0.1) is 0 Å². The summed E-state index contributed by atoms with van der Waals surface area (Å²) in [5.74, 6) is 0.807. The average Bonchev–Trinajstić information content (AvgIpc) is 3.01. The van der Waals surface area contributed by atoms with Crippen LogP contribution in [0.1, 0.15) is 16.7 Å². The lowest BCUT2D eigenvalue weighted by molar-refractivity contribution is 0.601. The summed E-state index contributed by atoms with van der Waals surface area (Å²) in [4.78, 5) is 4.19. The van der Waals surface area contributed by atoms with E-state index in [1.807, 2.05) is 29.6 Å². The fraction of sp³-hybridized carbons (Fsp3) is 0.312. The van der Waals surface area contributed by atoms with E-state index >= 15 is 0 Å². The van der Waals surface area contributed by atoms with Crippen molar-refractivity contribution in [3.63, 3.8) is 0 Å². The second-order valence-electron chi connectivity index (χ2n) is 5.30. The second-order valence-corrected chi connectivity index (χ2v) is 8.22. The molecular formula is C16H22IN3O2S2. The van der Waals surface area contributed by atoms with Gasteiger partial charge in [0.1, 0.15) is 0 Å². The maximum atomic E-state index is 11.3. The molecule has 0 aliphatic rings. The maximum Gasteiger partial charge on any atom is 0.191 e. The minimum atomic E-state index is -2.99. The molecule has 5 nitrogen and oxygen atoms in total. The fourth-order valence-electron chi connectivity index (χ4n) is 2.04. The van der Waals surface area contributed by atoms with Crippen LogP contribution in [0.3, 0.4) is 0 Å². The molecule has 0 radical (unpaired) electrons. The Hall–Kier alpha value is -1.13. The normalized spacial score (nSPS) is 11.7. The van der Waals surface area contributed by atoms with Crippen molar-refractivity contribution < 1.29 is 8.42 Å². The van der Waals surface area contributed by atoms with Crippen LogP contribution in [0.25, 0.3) is 0 Å². The molecule has 2 N–H and O–H groups in total. The molecule has 0 aliphatic carbocycles. The summed E-state index contributed by atoms with van der Waals surface area (Å²) >= 11 is 1.67. The van der Waals surface area contributed by atoms with E-state index in [2.05, 4.69) is 27.1 Å². The number of sulfone groups is 1. The van der Waals surface area contributed by atoms with Crippen LogP contribution in [-0.4, -0.2) is 27.7 Å². The SMILES string of the molecule is CN=C(NCc1ccc(CS(C)(=O)=O)cc1)NCc1ccsc1.I. The Labute approximate surface area is 164 Å². The van der Waals surface area contributed by atoms with Gasteiger partial charge < -0.3 is 10.6 Å². The Bertz CT molecular complexity index is 742. The van der Waals surface area contributed by atoms with E-state index in [1.54, 1.807) is 18.4 Å². The molecular weight excluding hydrogens is 457 g/mol. The molecule has 0 amide bonds. The highest BCUT2D eigenvalue weighted by Crippen LogP contribution is 2.08. The Balaban J connectivity index is 0.00000288. The van der Waals surface area contributed by atoms with Crippen molar-refractivity contribution in [2.75, 3.05) is 13.3 Å². The maximum absolute atomic E-state index is 11.3. The molecule has 0 saturated heterocycles. The quantitative estimate of drug-likeness (QED) is 0.380. The summed E-state index contributed by atoms with van der Waals surface area (Å²) < 4.78 is 22.5. The Morgan fingerprint density at radius 3 is 2.12 bits per heavy atom. The third-order valence-corrected chi connectivity index (χ3v) is 4.77. The van der Waals surface area contributed by atoms with Crippen molar-refractivity contribution in [2.45, 2.75) is 18.8 Å². The topological polar surface area (TPSA) is 70.6 Å². The highest BCUT2D eigenvalue weighted by molar-refractivity contribution is 14.0. The smallest absolute Gasteiger partial charge is 0.191 e. The van der Waals surface area contributed by atoms with Crippen LogP contribution in [-0.2, 0) is 28.7 Å². The predicted octanol–water partition coefficient (Wildman–Crippen LogP) is 2.78. The molecule has 2 aromatic rings. The van der Waals surface area contributed by atoms with Crippen molar-refractivity contribution >= 4 is 51.1 Å². The molecule has 0 aliphatic heterocycles. The zero-order valence-corrected chi connectivity index (χ0v) is 17.6. The molecule has 1 heterocycles. The number of thiophene rings is 1. The molecule has 0 bridgehead atoms. The fourth-order valence-corrected chi connectivity index (χ4v) is 3.51. The molecule has 8 heteroatoms. The summed E-state index contributed by atoms with van der Waals surface area (Å²) in [6.07, 6.45) is 1.24. The second kappa shape index (κ2) is 10.00. The summed E-state index contributed by atoms with van der Waals surface area (Å²) in [6.45, 7) is 1.36. The standard InChI is InChI=1S/C16H21N3O2S2.HI/c1-17-16(19-10-15-7-8-22-11-15)18-9-13-3-5-14(6-4-13)12-23(2,20)21;/h3-8,11H,9-10,12H2,1-2H3,(H2,17,18,19);1H. The highest BCUT2D eigenvalue weighted by atomic mass is 127. The third-order valence-electron chi connectivity index (χ3n) is 3.18. The first kappa shape index (κ1) is 20.9. The first-order valence-corrected chi connectivity index (χ1v) is 10.2. The van der Waals surface area contributed by atoms with Crippen molar-refractivity contribution in [2.24, 2.45) is 4.99 Å². The Kier molecular flexibility index (Phi) is 8.71. The van der Waals surface area contributed by atoms with Crippen molar-refractivity contribution in [3.05, 3.63) is 57.8 Å². The van der Waals surface area contributed by atoms with E-state index in [0.29, 0.717) is 6.54 Å². The summed E-state index contributed by atoms with van der Waals surface area (Å²) in [5, 5.41) is 10.6. The van der Waals surface area contributed by atoms with Gasteiger partial charge in [-0.1, -0.05) is 24.3 Å². The number of halogens is 1. The van der Waals surface area contributed by atoms with E-state index in [4.69, 9.17) is 0 Å². The van der Waals surface area contributed by atoms with Crippen molar-refractivity contribution in [1.82, 2.24) is 10.6 Å². The molecule has 132 valence electrons. The average molecular weight is 479 g/mol. The first-order chi connectivity index (χ1) is 11.0. The van der Waals surface area contributed by atoms with E-state index in [-0.39, 0.29) is 29.7 Å². The molecule has 0 unspecified atom stereocenters. The molecule has 0 fully saturated rings. The van der Waals surface area contributed by atoms with Crippen LogP contribution >= 0.6 is 35.3 Å². The van der Waals surface area contributed by atoms with Crippen LogP contribution in [0.15, 0.2) is 46.1 Å². The number of nitrogens with one attached hydrogen (secondary N) is 2. The molecule has 2 rings (SSSR count). The van der Waals surface area contributed by atoms with E-state index < -0.39 is 9.84 Å². The van der Waals surface area contributed by atoms with Crippen molar-refractivity contribution in [1.29, 1.82) is 0 Å². The number of rotatable bonds is 6. The third kappa shape index (κ3) is 7.63. The van der Waals surface area contributed by atoms with Gasteiger partial charge in [0.15, 0.2) is 15.8 Å². The number of hydrogen-bond donors (Lipinski definition) is 2. The van der Waals surface area contributed by atoms with Gasteiger partial charge in [0, 0.05) is 26.4 Å². The van der Waals surface area contributed by atoms with Crippen molar-refractivity contribution in [3.8, 4) is 0 Å². The lowest BCUT2D eigenvalue weighted by Crippen LogP contribution is -2.36. The van der Waals surface area contributed by atoms with Gasteiger partial charge in [0.05, 0.1) is 5.75 Å². The van der Waals surface area contributed by atoms with Gasteiger partial charge in [0.25, 0.3) is 0 Å². The zero-order chi connectivity index (χ0) is 16.7. The van der Waals surface area contributed by atoms with E-state index in [1.165, 1.54) is 11.8 Å². The number of hydrogen-bond acceptors (Lipinski definition) is 4. The van der Waals surface area contributed by atoms with Gasteiger partial charge in [-0.2, -0.15) is 11.3 Å². The Morgan fingerprint density at radius 2 is 1.62 bits per heavy atom. The number of guanidine groups is 1. The molecule has 0 atom stereocenters. The first-order valence-electron chi connectivity index (χ1n) is 7.17. The minimum Gasteiger partial charge on any atom is -0.352 e. The van der Waals surface area contributed by atoms with Gasteiger partial charge in [-0.25, -0.2) is 8.42 Å². The van der Waals surface area contributed by atoms with Gasteiger partial charge >= 0.3 is 0 Å². The van der Waals surface area contributed by atoms with Crippen LogP contribution in [0.5, 0.6) is 0 Å². The Morgan fingerprint density at radius 1 is 1.04 bits per heavy atom. The molecule has 0 spiro atoms. The zero-order valence-electron chi connectivity index (χ0n) is 13.7. The molecule has 0 saturated carbocycles. The van der Waals surface area contributed by atoms with Crippen LogP contribution in [0.2, 0.25) is 0 Å². The molecule has 1 aromatic heterocycles. The monoisotopic (exact) mass is 479 g/mol.